The van der Waals surface area contributed by atoms with Crippen LogP contribution in [0.25, 0.3) is 0 Å². The summed E-state index contributed by atoms with van der Waals surface area (Å²) in [5.41, 5.74) is 0. The molecule has 0 aromatic rings. The molecule has 2 nitrogen and oxygen atoms in total. The number of hydrogen-bond acceptors (Lipinski definition) is 2. The first-order chi connectivity index (χ1) is 7.20. The van der Waals surface area contributed by atoms with E-state index in [1.165, 1.54) is 0 Å². The molecule has 0 bridgehead atoms. The van der Waals surface area contributed by atoms with Crippen LogP contribution >= 0.6 is 0 Å². The van der Waals surface area contributed by atoms with Crippen molar-refractivity contribution < 1.29 is 0 Å². The van der Waals surface area contributed by atoms with Crippen LogP contribution in [-0.4, -0.2) is 38.6 Å². The van der Waals surface area contributed by atoms with Crippen LogP contribution in [0.5, 0.6) is 0 Å². The first-order valence-corrected chi connectivity index (χ1v) is 5.81. The van der Waals surface area contributed by atoms with Gasteiger partial charge in [-0.05, 0) is 32.9 Å². The molecule has 88 valence electrons. The Morgan fingerprint density at radius 1 is 1.33 bits per heavy atom. The molecule has 0 spiro atoms. The number of nitrogens with one attached hydrogen (secondary N) is 1. The van der Waals surface area contributed by atoms with Crippen LogP contribution in [0.2, 0.25) is 0 Å². The van der Waals surface area contributed by atoms with Gasteiger partial charge < -0.3 is 10.2 Å². The summed E-state index contributed by atoms with van der Waals surface area (Å²) in [6.45, 7) is 9.28. The average molecular weight is 210 g/mol. The number of rotatable bonds is 9. The van der Waals surface area contributed by atoms with Crippen molar-refractivity contribution in [1.29, 1.82) is 0 Å². The van der Waals surface area contributed by atoms with Crippen molar-refractivity contribution in [2.24, 2.45) is 5.92 Å². The number of nitrogens with zero attached hydrogens (tertiary/aromatic N) is 1. The zero-order valence-electron chi connectivity index (χ0n) is 10.5. The van der Waals surface area contributed by atoms with E-state index in [4.69, 9.17) is 0 Å². The first kappa shape index (κ1) is 14.4. The van der Waals surface area contributed by atoms with Crippen molar-refractivity contribution in [2.75, 3.05) is 33.7 Å². The van der Waals surface area contributed by atoms with Crippen LogP contribution in [0.15, 0.2) is 24.8 Å². The predicted molar refractivity (Wildman–Crippen MR) is 69.2 cm³/mol. The summed E-state index contributed by atoms with van der Waals surface area (Å²) >= 11 is 0. The van der Waals surface area contributed by atoms with Gasteiger partial charge in [0.1, 0.15) is 0 Å². The second kappa shape index (κ2) is 9.94. The molecule has 0 aliphatic carbocycles. The Labute approximate surface area is 95.0 Å². The van der Waals surface area contributed by atoms with E-state index in [9.17, 15) is 0 Å². The minimum Gasteiger partial charge on any atom is -0.318 e. The maximum atomic E-state index is 3.77. The maximum Gasteiger partial charge on any atom is 0.0104 e. The Balaban J connectivity index is 3.39. The van der Waals surface area contributed by atoms with E-state index in [0.717, 1.165) is 32.5 Å². The fourth-order valence-electron chi connectivity index (χ4n) is 1.23. The molecule has 1 N–H and O–H groups in total. The summed E-state index contributed by atoms with van der Waals surface area (Å²) < 4.78 is 0. The lowest BCUT2D eigenvalue weighted by Crippen LogP contribution is -2.27. The molecule has 15 heavy (non-hydrogen) atoms. The third-order valence-corrected chi connectivity index (χ3v) is 2.50. The van der Waals surface area contributed by atoms with Gasteiger partial charge in [0.25, 0.3) is 0 Å². The fraction of sp³-hybridized carbons (Fsp3) is 0.692. The molecule has 0 heterocycles. The summed E-state index contributed by atoms with van der Waals surface area (Å²) in [7, 11) is 4.15. The number of allylic oxidation sites excluding steroid dienone is 2. The van der Waals surface area contributed by atoms with Gasteiger partial charge in [-0.2, -0.15) is 0 Å². The molecule has 0 radical (unpaired) electrons. The third kappa shape index (κ3) is 9.70. The third-order valence-electron chi connectivity index (χ3n) is 2.50. The van der Waals surface area contributed by atoms with E-state index < -0.39 is 0 Å². The highest BCUT2D eigenvalue weighted by atomic mass is 15.1. The first-order valence-electron chi connectivity index (χ1n) is 5.81. The highest BCUT2D eigenvalue weighted by Crippen LogP contribution is 2.03. The van der Waals surface area contributed by atoms with Crippen molar-refractivity contribution in [1.82, 2.24) is 10.2 Å². The van der Waals surface area contributed by atoms with Crippen LogP contribution in [-0.2, 0) is 0 Å². The smallest absolute Gasteiger partial charge is 0.0104 e. The molecule has 0 amide bonds. The van der Waals surface area contributed by atoms with Crippen molar-refractivity contribution in [3.8, 4) is 0 Å². The van der Waals surface area contributed by atoms with Crippen LogP contribution in [0.3, 0.4) is 0 Å². The molecule has 1 atom stereocenters. The summed E-state index contributed by atoms with van der Waals surface area (Å²) in [6, 6.07) is 0. The van der Waals surface area contributed by atoms with Crippen molar-refractivity contribution in [3.63, 3.8) is 0 Å². The second-order valence-corrected chi connectivity index (χ2v) is 4.12. The van der Waals surface area contributed by atoms with Gasteiger partial charge in [0, 0.05) is 19.6 Å². The topological polar surface area (TPSA) is 15.3 Å². The molecule has 0 fully saturated rings. The monoisotopic (exact) mass is 210 g/mol. The molecule has 0 rings (SSSR count). The van der Waals surface area contributed by atoms with Gasteiger partial charge in [0.2, 0.25) is 0 Å². The van der Waals surface area contributed by atoms with Crippen LogP contribution in [0, 0.1) is 5.92 Å². The normalized spacial score (nSPS) is 13.6. The predicted octanol–water partition coefficient (Wildman–Crippen LogP) is 2.30. The molecule has 0 aliphatic rings. The summed E-state index contributed by atoms with van der Waals surface area (Å²) in [5.74, 6) is 0.600. The Hall–Kier alpha value is -0.600. The Kier molecular flexibility index (Phi) is 9.54. The van der Waals surface area contributed by atoms with E-state index >= 15 is 0 Å². The van der Waals surface area contributed by atoms with Crippen molar-refractivity contribution >= 4 is 0 Å². The molecule has 0 aromatic heterocycles. The molecular weight excluding hydrogens is 184 g/mol. The van der Waals surface area contributed by atoms with Crippen LogP contribution in [0.1, 0.15) is 19.8 Å². The van der Waals surface area contributed by atoms with E-state index in [2.05, 4.69) is 42.9 Å². The standard InChI is InChI=1S/C13H26N2/c1-5-13(2)9-7-6-8-11-15(4)12-10-14-3/h5-7,13-14H,1,8-12H2,2-4H3/b7-6-. The molecular formula is C13H26N2. The number of hydrogen-bond donors (Lipinski definition) is 1. The quantitative estimate of drug-likeness (QED) is 0.587. The Morgan fingerprint density at radius 2 is 2.07 bits per heavy atom. The van der Waals surface area contributed by atoms with Gasteiger partial charge in [0.15, 0.2) is 0 Å². The minimum absolute atomic E-state index is 0.600. The van der Waals surface area contributed by atoms with Gasteiger partial charge in [-0.1, -0.05) is 25.2 Å². The van der Waals surface area contributed by atoms with E-state index in [-0.39, 0.29) is 0 Å². The second-order valence-electron chi connectivity index (χ2n) is 4.12. The van der Waals surface area contributed by atoms with Crippen LogP contribution in [0.4, 0.5) is 0 Å². The lowest BCUT2D eigenvalue weighted by Gasteiger charge is -2.14. The van der Waals surface area contributed by atoms with Gasteiger partial charge in [-0.3, -0.25) is 0 Å². The largest absolute Gasteiger partial charge is 0.318 e. The molecule has 1 unspecified atom stereocenters. The highest BCUT2D eigenvalue weighted by molar-refractivity contribution is 4.88. The SMILES string of the molecule is C=CC(C)C/C=C\CCN(C)CCNC. The molecule has 2 heteroatoms. The van der Waals surface area contributed by atoms with E-state index in [0.29, 0.717) is 5.92 Å². The lowest BCUT2D eigenvalue weighted by atomic mass is 10.1. The van der Waals surface area contributed by atoms with Gasteiger partial charge in [0.05, 0.1) is 0 Å². The van der Waals surface area contributed by atoms with E-state index in [1.54, 1.807) is 0 Å². The molecule has 0 aliphatic heterocycles. The zero-order valence-corrected chi connectivity index (χ0v) is 10.5. The van der Waals surface area contributed by atoms with Gasteiger partial charge in [-0.15, -0.1) is 6.58 Å². The van der Waals surface area contributed by atoms with Crippen LogP contribution < -0.4 is 5.32 Å². The summed E-state index contributed by atoms with van der Waals surface area (Å²) in [4.78, 5) is 2.35. The lowest BCUT2D eigenvalue weighted by molar-refractivity contribution is 0.342. The fourth-order valence-corrected chi connectivity index (χ4v) is 1.23. The van der Waals surface area contributed by atoms with Gasteiger partial charge >= 0.3 is 0 Å². The Bertz CT molecular complexity index is 175. The number of likely N-dealkylation sites (N-methyl/N-ethyl adjacent to an activating group) is 2. The Morgan fingerprint density at radius 3 is 2.67 bits per heavy atom. The zero-order chi connectivity index (χ0) is 11.5. The summed E-state index contributed by atoms with van der Waals surface area (Å²) in [5, 5.41) is 3.15. The highest BCUT2D eigenvalue weighted by Gasteiger charge is 1.94. The molecule has 0 saturated carbocycles. The molecule has 0 aromatic carbocycles. The molecule has 0 saturated heterocycles. The van der Waals surface area contributed by atoms with E-state index in [1.807, 2.05) is 13.1 Å². The summed E-state index contributed by atoms with van der Waals surface area (Å²) in [6.07, 6.45) is 8.80. The van der Waals surface area contributed by atoms with Crippen molar-refractivity contribution in [2.45, 2.75) is 19.8 Å². The van der Waals surface area contributed by atoms with Crippen molar-refractivity contribution in [3.05, 3.63) is 24.8 Å². The minimum atomic E-state index is 0.600. The average Bonchev–Trinajstić information content (AvgIpc) is 2.25. The maximum absolute atomic E-state index is 3.77. The van der Waals surface area contributed by atoms with Gasteiger partial charge in [-0.25, -0.2) is 0 Å².